The van der Waals surface area contributed by atoms with Gasteiger partial charge >= 0.3 is 0 Å². The van der Waals surface area contributed by atoms with Crippen molar-refractivity contribution in [3.05, 3.63) is 58.9 Å². The predicted molar refractivity (Wildman–Crippen MR) is 117 cm³/mol. The molecule has 0 bridgehead atoms. The molecule has 1 aromatic heterocycles. The topological polar surface area (TPSA) is 42.1 Å². The molecule has 0 aliphatic carbocycles. The number of hydrogen-bond donors (Lipinski definition) is 0. The number of ether oxygens (including phenoxy) is 1. The van der Waals surface area contributed by atoms with Gasteiger partial charge in [-0.15, -0.1) is 0 Å². The fourth-order valence-corrected chi connectivity index (χ4v) is 4.73. The monoisotopic (exact) mass is 396 g/mol. The van der Waals surface area contributed by atoms with E-state index in [0.717, 1.165) is 36.2 Å². The third-order valence-electron chi connectivity index (χ3n) is 5.42. The number of benzene rings is 1. The molecule has 1 unspecified atom stereocenters. The van der Waals surface area contributed by atoms with Gasteiger partial charge in [0, 0.05) is 42.9 Å². The fraction of sp³-hybridized carbons (Fsp3) is 0.455. The molecule has 0 spiro atoms. The molecule has 0 amide bonds. The highest BCUT2D eigenvalue weighted by Crippen LogP contribution is 2.25. The molecule has 0 N–H and O–H groups in total. The fourth-order valence-electron chi connectivity index (χ4n) is 3.87. The first-order valence-corrected chi connectivity index (χ1v) is 10.9. The molecule has 3 heterocycles. The third-order valence-corrected chi connectivity index (χ3v) is 6.49. The Morgan fingerprint density at radius 3 is 2.79 bits per heavy atom. The molecule has 0 saturated carbocycles. The predicted octanol–water partition coefficient (Wildman–Crippen LogP) is 4.22. The Morgan fingerprint density at radius 2 is 2.07 bits per heavy atom. The van der Waals surface area contributed by atoms with Crippen LogP contribution in [0.25, 0.3) is 0 Å². The molecule has 1 atom stereocenters. The van der Waals surface area contributed by atoms with Crippen molar-refractivity contribution in [1.29, 1.82) is 0 Å². The lowest BCUT2D eigenvalue weighted by molar-refractivity contribution is 0.0962. The average Bonchev–Trinajstić information content (AvgIpc) is 3.32. The molecule has 2 aliphatic heterocycles. The molecule has 6 heteroatoms. The van der Waals surface area contributed by atoms with E-state index in [0.29, 0.717) is 12.6 Å². The number of aliphatic imine (C=N–C) groups is 1. The van der Waals surface area contributed by atoms with Crippen molar-refractivity contribution in [3.8, 4) is 0 Å². The number of thioether (sulfide) groups is 1. The van der Waals surface area contributed by atoms with E-state index in [4.69, 9.17) is 14.8 Å². The molecule has 2 aliphatic rings. The molecule has 2 aromatic rings. The summed E-state index contributed by atoms with van der Waals surface area (Å²) in [6.45, 7) is 6.91. The highest BCUT2D eigenvalue weighted by molar-refractivity contribution is 8.14. The summed E-state index contributed by atoms with van der Waals surface area (Å²) in [7, 11) is 1.99. The first-order chi connectivity index (χ1) is 13.6. The molecule has 28 heavy (non-hydrogen) atoms. The van der Waals surface area contributed by atoms with Crippen LogP contribution in [-0.2, 0) is 17.8 Å². The lowest BCUT2D eigenvalue weighted by atomic mass is 10.1. The van der Waals surface area contributed by atoms with Crippen molar-refractivity contribution in [1.82, 2.24) is 9.58 Å². The second-order valence-electron chi connectivity index (χ2n) is 7.47. The van der Waals surface area contributed by atoms with Gasteiger partial charge in [0.05, 0.1) is 18.4 Å². The Morgan fingerprint density at radius 1 is 1.25 bits per heavy atom. The van der Waals surface area contributed by atoms with Crippen molar-refractivity contribution < 1.29 is 4.74 Å². The second kappa shape index (κ2) is 8.53. The van der Waals surface area contributed by atoms with Crippen molar-refractivity contribution in [2.45, 2.75) is 45.9 Å². The van der Waals surface area contributed by atoms with E-state index in [2.05, 4.69) is 48.7 Å². The van der Waals surface area contributed by atoms with Gasteiger partial charge in [0.2, 0.25) is 0 Å². The molecular formula is C22H28N4OS. The van der Waals surface area contributed by atoms with Gasteiger partial charge in [-0.25, -0.2) is 5.01 Å². The summed E-state index contributed by atoms with van der Waals surface area (Å²) in [5.74, 6) is 0.849. The molecule has 1 saturated heterocycles. The van der Waals surface area contributed by atoms with Crippen LogP contribution in [0.1, 0.15) is 35.4 Å². The summed E-state index contributed by atoms with van der Waals surface area (Å²) in [5.41, 5.74) is 6.15. The number of hydrogen-bond acceptors (Lipinski definition) is 4. The van der Waals surface area contributed by atoms with Crippen LogP contribution < -0.4 is 0 Å². The summed E-state index contributed by atoms with van der Waals surface area (Å²) in [5, 5.41) is 7.74. The minimum absolute atomic E-state index is 0.347. The van der Waals surface area contributed by atoms with E-state index >= 15 is 0 Å². The van der Waals surface area contributed by atoms with Crippen LogP contribution in [0.3, 0.4) is 0 Å². The maximum Gasteiger partial charge on any atom is 0.180 e. The van der Waals surface area contributed by atoms with Crippen molar-refractivity contribution in [3.63, 3.8) is 0 Å². The van der Waals surface area contributed by atoms with Gasteiger partial charge in [0.25, 0.3) is 0 Å². The molecule has 5 nitrogen and oxygen atoms in total. The summed E-state index contributed by atoms with van der Waals surface area (Å²) >= 11 is 1.76. The van der Waals surface area contributed by atoms with Crippen molar-refractivity contribution >= 4 is 22.6 Å². The van der Waals surface area contributed by atoms with Crippen LogP contribution in [0.5, 0.6) is 0 Å². The van der Waals surface area contributed by atoms with Crippen molar-refractivity contribution in [2.24, 2.45) is 10.1 Å². The maximum absolute atomic E-state index is 5.84. The summed E-state index contributed by atoms with van der Waals surface area (Å²) in [6, 6.07) is 12.6. The number of aromatic nitrogens is 1. The number of amidine groups is 1. The van der Waals surface area contributed by atoms with Gasteiger partial charge in [-0.2, -0.15) is 5.10 Å². The normalized spacial score (nSPS) is 21.4. The van der Waals surface area contributed by atoms with Gasteiger partial charge in [-0.05, 0) is 38.3 Å². The van der Waals surface area contributed by atoms with Gasteiger partial charge in [-0.1, -0.05) is 42.1 Å². The Kier molecular flexibility index (Phi) is 5.87. The van der Waals surface area contributed by atoms with Gasteiger partial charge < -0.3 is 9.30 Å². The first-order valence-electron chi connectivity index (χ1n) is 9.93. The van der Waals surface area contributed by atoms with Crippen LogP contribution in [0.2, 0.25) is 0 Å². The van der Waals surface area contributed by atoms with E-state index in [1.54, 1.807) is 11.8 Å². The number of rotatable bonds is 5. The number of aryl methyl sites for hydroxylation is 1. The minimum Gasteiger partial charge on any atom is -0.376 e. The molecule has 0 radical (unpaired) electrons. The summed E-state index contributed by atoms with van der Waals surface area (Å²) in [6.07, 6.45) is 2.68. The number of nitrogens with zero attached hydrogens (tertiary/aromatic N) is 4. The van der Waals surface area contributed by atoms with E-state index in [1.807, 2.05) is 18.1 Å². The summed E-state index contributed by atoms with van der Waals surface area (Å²) in [4.78, 5) is 4.75. The molecular weight excluding hydrogens is 368 g/mol. The Labute approximate surface area is 171 Å². The van der Waals surface area contributed by atoms with Gasteiger partial charge in [-0.3, -0.25) is 4.99 Å². The van der Waals surface area contributed by atoms with Crippen LogP contribution in [0, 0.1) is 13.8 Å². The SMILES string of the molecule is Cc1cc(C2=NN(C)C(=NCc3ccccc3)SC2)c(C)n1CC1CCCO1. The molecule has 4 rings (SSSR count). The lowest BCUT2D eigenvalue weighted by Crippen LogP contribution is -2.28. The highest BCUT2D eigenvalue weighted by atomic mass is 32.2. The van der Waals surface area contributed by atoms with E-state index in [9.17, 15) is 0 Å². The zero-order chi connectivity index (χ0) is 19.5. The van der Waals surface area contributed by atoms with Crippen molar-refractivity contribution in [2.75, 3.05) is 19.4 Å². The Balaban J connectivity index is 1.49. The Hall–Kier alpha value is -2.05. The smallest absolute Gasteiger partial charge is 0.180 e. The highest BCUT2D eigenvalue weighted by Gasteiger charge is 2.23. The standard InChI is InChI=1S/C22H28N4OS/c1-16-12-20(17(2)26(16)14-19-10-7-11-27-19)21-15-28-22(25(3)24-21)23-13-18-8-5-4-6-9-18/h4-6,8-9,12,19H,7,10-11,13-15H2,1-3H3. The van der Waals surface area contributed by atoms with E-state index in [1.165, 1.54) is 28.9 Å². The van der Waals surface area contributed by atoms with Crippen LogP contribution in [0.15, 0.2) is 46.5 Å². The zero-order valence-corrected chi connectivity index (χ0v) is 17.7. The van der Waals surface area contributed by atoms with Crippen LogP contribution in [0.4, 0.5) is 0 Å². The van der Waals surface area contributed by atoms with E-state index in [-0.39, 0.29) is 0 Å². The molecule has 1 fully saturated rings. The first kappa shape index (κ1) is 19.3. The van der Waals surface area contributed by atoms with Crippen LogP contribution >= 0.6 is 11.8 Å². The zero-order valence-electron chi connectivity index (χ0n) is 16.9. The Bertz CT molecular complexity index is 881. The molecule has 148 valence electrons. The second-order valence-corrected chi connectivity index (χ2v) is 8.42. The van der Waals surface area contributed by atoms with Gasteiger partial charge in [0.1, 0.15) is 0 Å². The van der Waals surface area contributed by atoms with Crippen LogP contribution in [-0.4, -0.2) is 46.0 Å². The largest absolute Gasteiger partial charge is 0.376 e. The molecule has 1 aromatic carbocycles. The van der Waals surface area contributed by atoms with E-state index < -0.39 is 0 Å². The summed E-state index contributed by atoms with van der Waals surface area (Å²) < 4.78 is 8.22. The third kappa shape index (κ3) is 4.18. The number of hydrazone groups is 1. The average molecular weight is 397 g/mol. The quantitative estimate of drug-likeness (QED) is 0.760. The minimum atomic E-state index is 0.347. The van der Waals surface area contributed by atoms with Gasteiger partial charge in [0.15, 0.2) is 5.17 Å². The maximum atomic E-state index is 5.84. The lowest BCUT2D eigenvalue weighted by Gasteiger charge is -2.23.